The monoisotopic (exact) mass is 436 g/mol. The van der Waals surface area contributed by atoms with Gasteiger partial charge in [0.05, 0.1) is 17.1 Å². The van der Waals surface area contributed by atoms with E-state index in [9.17, 15) is 14.4 Å². The van der Waals surface area contributed by atoms with Crippen LogP contribution in [0.2, 0.25) is 0 Å². The van der Waals surface area contributed by atoms with Crippen molar-refractivity contribution in [3.8, 4) is 0 Å². The number of rotatable bonds is 4. The minimum Gasteiger partial charge on any atom is -0.324 e. The maximum absolute atomic E-state index is 12.6. The first-order chi connectivity index (χ1) is 14.6. The summed E-state index contributed by atoms with van der Waals surface area (Å²) < 4.78 is 0. The lowest BCUT2D eigenvalue weighted by atomic mass is 10.2. The van der Waals surface area contributed by atoms with E-state index in [0.29, 0.717) is 10.6 Å². The zero-order valence-corrected chi connectivity index (χ0v) is 17.3. The lowest BCUT2D eigenvalue weighted by Gasteiger charge is -2.15. The SMILES string of the molecule is O=C(CN1C(=O)SC(=Cc2ccccc2)C1=O)Nc1ccc2c(c1)N1CCN=C1S2. The zero-order chi connectivity index (χ0) is 20.7. The van der Waals surface area contributed by atoms with E-state index in [-0.39, 0.29) is 6.54 Å². The fourth-order valence-corrected chi connectivity index (χ4v) is 5.31. The fourth-order valence-electron chi connectivity index (χ4n) is 3.41. The molecule has 1 saturated heterocycles. The number of carbonyl (C=O) groups is 3. The Morgan fingerprint density at radius 2 is 1.97 bits per heavy atom. The molecule has 0 aliphatic carbocycles. The summed E-state index contributed by atoms with van der Waals surface area (Å²) in [6, 6.07) is 15.0. The van der Waals surface area contributed by atoms with Crippen LogP contribution in [0.15, 0.2) is 63.3 Å². The van der Waals surface area contributed by atoms with Crippen LogP contribution in [0.3, 0.4) is 0 Å². The van der Waals surface area contributed by atoms with Crippen molar-refractivity contribution in [3.05, 3.63) is 59.0 Å². The third-order valence-corrected chi connectivity index (χ3v) is 6.81. The van der Waals surface area contributed by atoms with Crippen molar-refractivity contribution in [2.75, 3.05) is 29.9 Å². The Labute approximate surface area is 181 Å². The molecule has 0 unspecified atom stereocenters. The van der Waals surface area contributed by atoms with E-state index in [0.717, 1.165) is 51.1 Å². The number of benzene rings is 2. The standard InChI is InChI=1S/C21H16N4O3S2/c26-18(23-14-6-7-16-15(11-14)24-9-8-22-20(24)29-16)12-25-19(27)17(30-21(25)28)10-13-4-2-1-3-5-13/h1-7,10-11H,8-9,12H2,(H,23,26). The largest absolute Gasteiger partial charge is 0.324 e. The first kappa shape index (κ1) is 19.0. The molecule has 3 heterocycles. The second kappa shape index (κ2) is 7.66. The predicted octanol–water partition coefficient (Wildman–Crippen LogP) is 3.64. The van der Waals surface area contributed by atoms with Crippen molar-refractivity contribution in [3.63, 3.8) is 0 Å². The van der Waals surface area contributed by atoms with Gasteiger partial charge in [0.25, 0.3) is 11.1 Å². The van der Waals surface area contributed by atoms with Crippen LogP contribution < -0.4 is 10.2 Å². The highest BCUT2D eigenvalue weighted by Gasteiger charge is 2.36. The second-order valence-electron chi connectivity index (χ2n) is 6.83. The van der Waals surface area contributed by atoms with E-state index in [1.807, 2.05) is 48.5 Å². The Hall–Kier alpha value is -3.04. The zero-order valence-electron chi connectivity index (χ0n) is 15.7. The molecular weight excluding hydrogens is 420 g/mol. The van der Waals surface area contributed by atoms with Gasteiger partial charge < -0.3 is 10.2 Å². The van der Waals surface area contributed by atoms with Crippen LogP contribution in [-0.4, -0.2) is 46.8 Å². The molecule has 1 fully saturated rings. The Balaban J connectivity index is 1.27. The molecule has 0 radical (unpaired) electrons. The van der Waals surface area contributed by atoms with E-state index in [4.69, 9.17) is 0 Å². The molecule has 5 rings (SSSR count). The average molecular weight is 437 g/mol. The Morgan fingerprint density at radius 1 is 1.13 bits per heavy atom. The van der Waals surface area contributed by atoms with Crippen LogP contribution in [0.4, 0.5) is 16.2 Å². The number of hydrogen-bond donors (Lipinski definition) is 1. The number of thioether (sulfide) groups is 2. The highest BCUT2D eigenvalue weighted by atomic mass is 32.2. The highest BCUT2D eigenvalue weighted by molar-refractivity contribution is 8.18. The van der Waals surface area contributed by atoms with Crippen molar-refractivity contribution in [1.29, 1.82) is 0 Å². The molecule has 7 nitrogen and oxygen atoms in total. The van der Waals surface area contributed by atoms with Gasteiger partial charge in [0.1, 0.15) is 6.54 Å². The van der Waals surface area contributed by atoms with Gasteiger partial charge in [-0.15, -0.1) is 0 Å². The maximum atomic E-state index is 12.6. The number of amidine groups is 1. The summed E-state index contributed by atoms with van der Waals surface area (Å²) in [4.78, 5) is 46.4. The molecule has 2 aromatic carbocycles. The molecule has 3 amide bonds. The van der Waals surface area contributed by atoms with Crippen LogP contribution in [0, 0.1) is 0 Å². The highest BCUT2D eigenvalue weighted by Crippen LogP contribution is 2.43. The van der Waals surface area contributed by atoms with Crippen LogP contribution in [-0.2, 0) is 9.59 Å². The van der Waals surface area contributed by atoms with Gasteiger partial charge in [0, 0.05) is 17.1 Å². The first-order valence-electron chi connectivity index (χ1n) is 9.33. The number of anilines is 2. The summed E-state index contributed by atoms with van der Waals surface area (Å²) >= 11 is 2.47. The Morgan fingerprint density at radius 3 is 2.80 bits per heavy atom. The molecule has 1 N–H and O–H groups in total. The topological polar surface area (TPSA) is 82.1 Å². The summed E-state index contributed by atoms with van der Waals surface area (Å²) in [6.45, 7) is 1.28. The molecule has 30 heavy (non-hydrogen) atoms. The molecule has 3 aliphatic rings. The average Bonchev–Trinajstić information content (AvgIpc) is 3.39. The number of aliphatic imine (C=N–C) groups is 1. The minimum atomic E-state index is -0.452. The van der Waals surface area contributed by atoms with Gasteiger partial charge >= 0.3 is 0 Å². The number of nitrogens with zero attached hydrogens (tertiary/aromatic N) is 3. The van der Waals surface area contributed by atoms with Gasteiger partial charge in [-0.3, -0.25) is 24.3 Å². The van der Waals surface area contributed by atoms with Gasteiger partial charge in [-0.1, -0.05) is 30.3 Å². The van der Waals surface area contributed by atoms with Gasteiger partial charge in [0.2, 0.25) is 5.91 Å². The number of amides is 3. The van der Waals surface area contributed by atoms with Crippen LogP contribution >= 0.6 is 23.5 Å². The molecule has 0 spiro atoms. The van der Waals surface area contributed by atoms with E-state index in [1.54, 1.807) is 17.8 Å². The van der Waals surface area contributed by atoms with Gasteiger partial charge in [-0.2, -0.15) is 0 Å². The Bertz CT molecular complexity index is 1130. The van der Waals surface area contributed by atoms with Crippen molar-refractivity contribution < 1.29 is 14.4 Å². The number of fused-ring (bicyclic) bond motifs is 3. The number of hydrogen-bond acceptors (Lipinski definition) is 7. The quantitative estimate of drug-likeness (QED) is 0.737. The maximum Gasteiger partial charge on any atom is 0.294 e. The summed E-state index contributed by atoms with van der Waals surface area (Å²) in [6.07, 6.45) is 1.66. The third kappa shape index (κ3) is 3.50. The van der Waals surface area contributed by atoms with E-state index < -0.39 is 17.1 Å². The number of carbonyl (C=O) groups excluding carboxylic acids is 3. The second-order valence-corrected chi connectivity index (χ2v) is 8.83. The van der Waals surface area contributed by atoms with Crippen molar-refractivity contribution in [1.82, 2.24) is 4.90 Å². The summed E-state index contributed by atoms with van der Waals surface area (Å²) in [5.74, 6) is -0.869. The normalized spacial score (nSPS) is 18.7. The molecule has 0 bridgehead atoms. The fraction of sp³-hybridized carbons (Fsp3) is 0.143. The molecular formula is C21H16N4O3S2. The summed E-state index contributed by atoms with van der Waals surface area (Å²) in [5.41, 5.74) is 2.47. The predicted molar refractivity (Wildman–Crippen MR) is 120 cm³/mol. The third-order valence-electron chi connectivity index (χ3n) is 4.81. The van der Waals surface area contributed by atoms with Crippen molar-refractivity contribution in [2.24, 2.45) is 4.99 Å². The van der Waals surface area contributed by atoms with Gasteiger partial charge in [0.15, 0.2) is 5.17 Å². The lowest BCUT2D eigenvalue weighted by molar-refractivity contribution is -0.127. The number of nitrogens with one attached hydrogen (secondary N) is 1. The summed E-state index contributed by atoms with van der Waals surface area (Å²) in [5, 5.41) is 3.33. The van der Waals surface area contributed by atoms with Crippen LogP contribution in [0.5, 0.6) is 0 Å². The molecule has 3 aliphatic heterocycles. The van der Waals surface area contributed by atoms with E-state index in [2.05, 4.69) is 15.2 Å². The first-order valence-corrected chi connectivity index (χ1v) is 11.0. The summed E-state index contributed by atoms with van der Waals surface area (Å²) in [7, 11) is 0. The molecule has 2 aromatic rings. The van der Waals surface area contributed by atoms with Crippen LogP contribution in [0.1, 0.15) is 5.56 Å². The van der Waals surface area contributed by atoms with E-state index >= 15 is 0 Å². The molecule has 0 atom stereocenters. The van der Waals surface area contributed by atoms with E-state index in [1.165, 1.54) is 0 Å². The van der Waals surface area contributed by atoms with Crippen LogP contribution in [0.25, 0.3) is 6.08 Å². The minimum absolute atomic E-state index is 0.314. The smallest absolute Gasteiger partial charge is 0.294 e. The van der Waals surface area contributed by atoms with Crippen molar-refractivity contribution in [2.45, 2.75) is 4.90 Å². The van der Waals surface area contributed by atoms with Gasteiger partial charge in [-0.25, -0.2) is 0 Å². The Kier molecular flexibility index (Phi) is 4.84. The molecule has 0 saturated carbocycles. The lowest BCUT2D eigenvalue weighted by Crippen LogP contribution is -2.36. The number of imide groups is 1. The van der Waals surface area contributed by atoms with Gasteiger partial charge in [-0.05, 0) is 53.4 Å². The molecule has 9 heteroatoms. The molecule has 150 valence electrons. The molecule has 0 aromatic heterocycles. The van der Waals surface area contributed by atoms with Crippen molar-refractivity contribution >= 4 is 63.2 Å².